The highest BCUT2D eigenvalue weighted by Gasteiger charge is 2.45. The van der Waals surface area contributed by atoms with E-state index in [0.29, 0.717) is 43.2 Å². The molecule has 1 saturated heterocycles. The van der Waals surface area contributed by atoms with Crippen molar-refractivity contribution >= 4 is 33.2 Å². The van der Waals surface area contributed by atoms with Crippen molar-refractivity contribution in [2.45, 2.75) is 38.0 Å². The lowest BCUT2D eigenvalue weighted by molar-refractivity contribution is -0.124. The van der Waals surface area contributed by atoms with Gasteiger partial charge in [-0.3, -0.25) is 9.59 Å². The van der Waals surface area contributed by atoms with E-state index in [1.54, 1.807) is 26.0 Å². The van der Waals surface area contributed by atoms with Gasteiger partial charge >= 0.3 is 0 Å². The summed E-state index contributed by atoms with van der Waals surface area (Å²) in [6.45, 7) is 8.56. The molecule has 1 N–H and O–H groups in total. The SMILES string of the molecule is Cc1ccc(NC(=O)CN2C(=O)C(C)(C)c3cc(S(=O)(=O)N4CCOCC4)ccc32)c(C)c1. The second-order valence-corrected chi connectivity index (χ2v) is 11.0. The Kier molecular flexibility index (Phi) is 6.07. The molecule has 0 saturated carbocycles. The van der Waals surface area contributed by atoms with Crippen molar-refractivity contribution in [3.05, 3.63) is 53.1 Å². The first-order valence-electron chi connectivity index (χ1n) is 10.9. The van der Waals surface area contributed by atoms with Crippen LogP contribution in [-0.4, -0.2) is 57.4 Å². The molecule has 2 amide bonds. The van der Waals surface area contributed by atoms with Crippen LogP contribution >= 0.6 is 0 Å². The van der Waals surface area contributed by atoms with Crippen LogP contribution in [0.3, 0.4) is 0 Å². The van der Waals surface area contributed by atoms with Crippen molar-refractivity contribution in [2.24, 2.45) is 0 Å². The zero-order chi connectivity index (χ0) is 24.0. The number of rotatable bonds is 5. The van der Waals surface area contributed by atoms with Gasteiger partial charge in [0.2, 0.25) is 21.8 Å². The molecule has 2 aliphatic rings. The van der Waals surface area contributed by atoms with Gasteiger partial charge < -0.3 is 15.0 Å². The summed E-state index contributed by atoms with van der Waals surface area (Å²) in [7, 11) is -3.70. The maximum absolute atomic E-state index is 13.2. The van der Waals surface area contributed by atoms with Crippen LogP contribution in [0, 0.1) is 13.8 Å². The molecule has 2 aliphatic heterocycles. The molecule has 0 unspecified atom stereocenters. The maximum Gasteiger partial charge on any atom is 0.244 e. The highest BCUT2D eigenvalue weighted by Crippen LogP contribution is 2.42. The molecule has 1 fully saturated rings. The lowest BCUT2D eigenvalue weighted by Gasteiger charge is -2.26. The molecule has 9 heteroatoms. The number of hydrogen-bond acceptors (Lipinski definition) is 5. The van der Waals surface area contributed by atoms with Crippen LogP contribution in [0.2, 0.25) is 0 Å². The standard InChI is InChI=1S/C24H29N3O5S/c1-16-5-7-20(17(2)13-16)25-22(28)15-27-21-8-6-18(14-19(21)24(3,4)23(27)29)33(30,31)26-9-11-32-12-10-26/h5-8,13-14H,9-12,15H2,1-4H3,(H,25,28). The van der Waals surface area contributed by atoms with Gasteiger partial charge in [-0.2, -0.15) is 4.31 Å². The quantitative estimate of drug-likeness (QED) is 0.723. The minimum absolute atomic E-state index is 0.144. The van der Waals surface area contributed by atoms with E-state index in [9.17, 15) is 18.0 Å². The fourth-order valence-corrected chi connectivity index (χ4v) is 5.79. The number of sulfonamides is 1. The third-order valence-electron chi connectivity index (χ3n) is 6.28. The third kappa shape index (κ3) is 4.28. The van der Waals surface area contributed by atoms with E-state index in [4.69, 9.17) is 4.74 Å². The van der Waals surface area contributed by atoms with Crippen LogP contribution in [0.4, 0.5) is 11.4 Å². The topological polar surface area (TPSA) is 96.0 Å². The monoisotopic (exact) mass is 471 g/mol. The molecular formula is C24H29N3O5S. The average Bonchev–Trinajstić information content (AvgIpc) is 2.96. The van der Waals surface area contributed by atoms with Crippen molar-refractivity contribution in [1.82, 2.24) is 4.31 Å². The van der Waals surface area contributed by atoms with Crippen molar-refractivity contribution in [1.29, 1.82) is 0 Å². The molecule has 0 bridgehead atoms. The van der Waals surface area contributed by atoms with Crippen molar-refractivity contribution < 1.29 is 22.7 Å². The van der Waals surface area contributed by atoms with Crippen LogP contribution in [0.5, 0.6) is 0 Å². The van der Waals surface area contributed by atoms with Gasteiger partial charge in [0.05, 0.1) is 23.5 Å². The second-order valence-electron chi connectivity index (χ2n) is 9.08. The molecule has 4 rings (SSSR count). The molecule has 2 aromatic carbocycles. The van der Waals surface area contributed by atoms with E-state index >= 15 is 0 Å². The molecular weight excluding hydrogens is 442 g/mol. The van der Waals surface area contributed by atoms with Crippen molar-refractivity contribution in [3.63, 3.8) is 0 Å². The van der Waals surface area contributed by atoms with Gasteiger partial charge in [0.15, 0.2) is 0 Å². The van der Waals surface area contributed by atoms with Gasteiger partial charge in [-0.15, -0.1) is 0 Å². The minimum atomic E-state index is -3.70. The van der Waals surface area contributed by atoms with E-state index in [2.05, 4.69) is 5.32 Å². The predicted octanol–water partition coefficient (Wildman–Crippen LogP) is 2.59. The van der Waals surface area contributed by atoms with E-state index in [-0.39, 0.29) is 23.3 Å². The first-order chi connectivity index (χ1) is 15.5. The number of nitrogens with one attached hydrogen (secondary N) is 1. The summed E-state index contributed by atoms with van der Waals surface area (Å²) in [6, 6.07) is 10.4. The normalized spacial score (nSPS) is 18.3. The summed E-state index contributed by atoms with van der Waals surface area (Å²) in [5, 5.41) is 2.87. The van der Waals surface area contributed by atoms with E-state index < -0.39 is 15.4 Å². The summed E-state index contributed by atoms with van der Waals surface area (Å²) in [5.74, 6) is -0.557. The number of ether oxygens (including phenoxy) is 1. The predicted molar refractivity (Wildman–Crippen MR) is 126 cm³/mol. The Morgan fingerprint density at radius 1 is 1.09 bits per heavy atom. The first-order valence-corrected chi connectivity index (χ1v) is 12.4. The van der Waals surface area contributed by atoms with Gasteiger partial charge in [-0.25, -0.2) is 8.42 Å². The van der Waals surface area contributed by atoms with Gasteiger partial charge in [0.1, 0.15) is 6.54 Å². The van der Waals surface area contributed by atoms with E-state index in [1.807, 2.05) is 32.0 Å². The number of nitrogens with zero attached hydrogens (tertiary/aromatic N) is 2. The second kappa shape index (κ2) is 8.55. The molecule has 2 heterocycles. The van der Waals surface area contributed by atoms with Crippen LogP contribution in [0.15, 0.2) is 41.3 Å². The lowest BCUT2D eigenvalue weighted by Crippen LogP contribution is -2.41. The smallest absolute Gasteiger partial charge is 0.244 e. The fraction of sp³-hybridized carbons (Fsp3) is 0.417. The molecule has 0 spiro atoms. The van der Waals surface area contributed by atoms with Crippen LogP contribution in [0.1, 0.15) is 30.5 Å². The highest BCUT2D eigenvalue weighted by molar-refractivity contribution is 7.89. The minimum Gasteiger partial charge on any atom is -0.379 e. The molecule has 2 aromatic rings. The van der Waals surface area contributed by atoms with Crippen LogP contribution in [-0.2, 0) is 29.8 Å². The Labute approximate surface area is 194 Å². The Morgan fingerprint density at radius 3 is 2.45 bits per heavy atom. The van der Waals surface area contributed by atoms with E-state index in [0.717, 1.165) is 11.1 Å². The Morgan fingerprint density at radius 2 is 1.79 bits per heavy atom. The maximum atomic E-state index is 13.2. The molecule has 8 nitrogen and oxygen atoms in total. The number of amides is 2. The van der Waals surface area contributed by atoms with Gasteiger partial charge in [0, 0.05) is 24.5 Å². The summed E-state index contributed by atoms with van der Waals surface area (Å²) in [5.41, 5.74) is 2.94. The van der Waals surface area contributed by atoms with Crippen LogP contribution in [0.25, 0.3) is 0 Å². The van der Waals surface area contributed by atoms with Gasteiger partial charge in [-0.1, -0.05) is 17.7 Å². The Balaban J connectivity index is 1.60. The van der Waals surface area contributed by atoms with Crippen molar-refractivity contribution in [3.8, 4) is 0 Å². The number of fused-ring (bicyclic) bond motifs is 1. The zero-order valence-electron chi connectivity index (χ0n) is 19.3. The Bertz CT molecular complexity index is 1220. The number of carbonyl (C=O) groups excluding carboxylic acids is 2. The van der Waals surface area contributed by atoms with E-state index in [1.165, 1.54) is 15.3 Å². The van der Waals surface area contributed by atoms with Gasteiger partial charge in [-0.05, 0) is 63.1 Å². The molecule has 0 aromatic heterocycles. The first kappa shape index (κ1) is 23.4. The van der Waals surface area contributed by atoms with Crippen molar-refractivity contribution in [2.75, 3.05) is 43.1 Å². The number of morpholine rings is 1. The van der Waals surface area contributed by atoms with Crippen LogP contribution < -0.4 is 10.2 Å². The largest absolute Gasteiger partial charge is 0.379 e. The zero-order valence-corrected chi connectivity index (χ0v) is 20.2. The average molecular weight is 472 g/mol. The molecule has 0 aliphatic carbocycles. The lowest BCUT2D eigenvalue weighted by atomic mass is 9.86. The fourth-order valence-electron chi connectivity index (χ4n) is 4.35. The molecule has 0 radical (unpaired) electrons. The number of anilines is 2. The highest BCUT2D eigenvalue weighted by atomic mass is 32.2. The molecule has 33 heavy (non-hydrogen) atoms. The number of aryl methyl sites for hydroxylation is 2. The number of carbonyl (C=O) groups is 2. The summed E-state index contributed by atoms with van der Waals surface area (Å²) in [6.07, 6.45) is 0. The summed E-state index contributed by atoms with van der Waals surface area (Å²) in [4.78, 5) is 27.6. The van der Waals surface area contributed by atoms with Gasteiger partial charge in [0.25, 0.3) is 0 Å². The molecule has 0 atom stereocenters. The number of hydrogen-bond donors (Lipinski definition) is 1. The third-order valence-corrected chi connectivity index (χ3v) is 8.17. The summed E-state index contributed by atoms with van der Waals surface area (Å²) < 4.78 is 32.9. The molecule has 176 valence electrons. The summed E-state index contributed by atoms with van der Waals surface area (Å²) >= 11 is 0. The Hall–Kier alpha value is -2.75. The number of benzene rings is 2.